The summed E-state index contributed by atoms with van der Waals surface area (Å²) in [4.78, 5) is 13.0. The number of thioether (sulfide) groups is 1. The third-order valence-corrected chi connectivity index (χ3v) is 4.25. The number of halogens is 1. The Balaban J connectivity index is 2.68. The molecule has 0 aliphatic heterocycles. The normalized spacial score (nSPS) is 13.9. The second kappa shape index (κ2) is 7.78. The molecule has 1 amide bonds. The summed E-state index contributed by atoms with van der Waals surface area (Å²) < 4.78 is 0. The highest BCUT2D eigenvalue weighted by Crippen LogP contribution is 2.23. The second-order valence-corrected chi connectivity index (χ2v) is 5.80. The van der Waals surface area contributed by atoms with E-state index in [1.54, 1.807) is 23.9 Å². The Hall–Kier alpha value is -0.710. The van der Waals surface area contributed by atoms with Gasteiger partial charge in [0.05, 0.1) is 16.7 Å². The first-order valence-corrected chi connectivity index (χ1v) is 7.89. The summed E-state index contributed by atoms with van der Waals surface area (Å²) >= 11 is 7.57. The summed E-state index contributed by atoms with van der Waals surface area (Å²) in [5.74, 6) is -0.0865. The van der Waals surface area contributed by atoms with E-state index in [2.05, 4.69) is 5.32 Å². The smallest absolute Gasteiger partial charge is 0.252 e. The highest BCUT2D eigenvalue weighted by molar-refractivity contribution is 7.98. The Bertz CT molecular complexity index is 439. The molecule has 0 aliphatic rings. The Kier molecular flexibility index (Phi) is 6.69. The fraction of sp³-hybridized carbons (Fsp3) is 0.500. The van der Waals surface area contributed by atoms with Crippen molar-refractivity contribution >= 4 is 29.3 Å². The molecule has 2 N–H and O–H groups in total. The van der Waals surface area contributed by atoms with E-state index >= 15 is 0 Å². The topological polar surface area (TPSA) is 49.3 Å². The number of benzene rings is 1. The van der Waals surface area contributed by atoms with Crippen LogP contribution >= 0.6 is 23.4 Å². The maximum Gasteiger partial charge on any atom is 0.252 e. The molecule has 2 atom stereocenters. The highest BCUT2D eigenvalue weighted by atomic mass is 35.5. The van der Waals surface area contributed by atoms with Crippen LogP contribution < -0.4 is 5.32 Å². The van der Waals surface area contributed by atoms with Gasteiger partial charge in [-0.2, -0.15) is 0 Å². The zero-order chi connectivity index (χ0) is 14.4. The van der Waals surface area contributed by atoms with Crippen LogP contribution in [0, 0.1) is 5.92 Å². The molecule has 1 rings (SSSR count). The maximum atomic E-state index is 12.0. The van der Waals surface area contributed by atoms with Crippen molar-refractivity contribution in [3.05, 3.63) is 28.8 Å². The predicted octanol–water partition coefficient (Wildman–Crippen LogP) is 3.20. The molecule has 0 aliphatic carbocycles. The monoisotopic (exact) mass is 301 g/mol. The van der Waals surface area contributed by atoms with Gasteiger partial charge in [0.15, 0.2) is 0 Å². The SMILES string of the molecule is CCC(C)C(O)CNC(=O)c1cc(SC)ccc1Cl. The Morgan fingerprint density at radius 1 is 1.53 bits per heavy atom. The first-order chi connectivity index (χ1) is 8.99. The minimum absolute atomic E-state index is 0.160. The van der Waals surface area contributed by atoms with E-state index < -0.39 is 6.10 Å². The van der Waals surface area contributed by atoms with Crippen molar-refractivity contribution in [2.45, 2.75) is 31.3 Å². The van der Waals surface area contributed by atoms with Crippen LogP contribution in [0.1, 0.15) is 30.6 Å². The lowest BCUT2D eigenvalue weighted by Crippen LogP contribution is -2.35. The molecule has 2 unspecified atom stereocenters. The Morgan fingerprint density at radius 2 is 2.21 bits per heavy atom. The first kappa shape index (κ1) is 16.3. The van der Waals surface area contributed by atoms with Gasteiger partial charge in [0.2, 0.25) is 0 Å². The summed E-state index contributed by atoms with van der Waals surface area (Å²) in [6.45, 7) is 4.21. The Labute approximate surface area is 123 Å². The molecule has 0 aromatic heterocycles. The molecule has 0 bridgehead atoms. The number of aliphatic hydroxyl groups is 1. The molecule has 3 nitrogen and oxygen atoms in total. The molecule has 0 spiro atoms. The fourth-order valence-corrected chi connectivity index (χ4v) is 2.21. The van der Waals surface area contributed by atoms with Crippen LogP contribution in [0.4, 0.5) is 0 Å². The molecule has 1 aromatic carbocycles. The molecular formula is C14H20ClNO2S. The quantitative estimate of drug-likeness (QED) is 0.793. The molecule has 0 saturated heterocycles. The largest absolute Gasteiger partial charge is 0.391 e. The fourth-order valence-electron chi connectivity index (χ4n) is 1.57. The van der Waals surface area contributed by atoms with E-state index in [0.29, 0.717) is 10.6 Å². The molecular weight excluding hydrogens is 282 g/mol. The van der Waals surface area contributed by atoms with Gasteiger partial charge in [-0.3, -0.25) is 4.79 Å². The maximum absolute atomic E-state index is 12.0. The minimum atomic E-state index is -0.531. The average molecular weight is 302 g/mol. The van der Waals surface area contributed by atoms with Gasteiger partial charge < -0.3 is 10.4 Å². The highest BCUT2D eigenvalue weighted by Gasteiger charge is 2.16. The van der Waals surface area contributed by atoms with Gasteiger partial charge in [-0.05, 0) is 30.4 Å². The molecule has 1 aromatic rings. The van der Waals surface area contributed by atoms with Crippen molar-refractivity contribution in [3.8, 4) is 0 Å². The van der Waals surface area contributed by atoms with Gasteiger partial charge in [-0.25, -0.2) is 0 Å². The van der Waals surface area contributed by atoms with Crippen LogP contribution in [0.15, 0.2) is 23.1 Å². The van der Waals surface area contributed by atoms with Crippen LogP contribution in [0.5, 0.6) is 0 Å². The molecule has 5 heteroatoms. The minimum Gasteiger partial charge on any atom is -0.391 e. The molecule has 0 fully saturated rings. The third kappa shape index (κ3) is 4.71. The zero-order valence-corrected chi connectivity index (χ0v) is 13.0. The van der Waals surface area contributed by atoms with E-state index in [-0.39, 0.29) is 18.4 Å². The van der Waals surface area contributed by atoms with Crippen molar-refractivity contribution in [1.82, 2.24) is 5.32 Å². The van der Waals surface area contributed by atoms with Crippen molar-refractivity contribution < 1.29 is 9.90 Å². The first-order valence-electron chi connectivity index (χ1n) is 6.29. The summed E-state index contributed by atoms with van der Waals surface area (Å²) in [6.07, 6.45) is 2.29. The number of nitrogens with one attached hydrogen (secondary N) is 1. The lowest BCUT2D eigenvalue weighted by atomic mass is 10.0. The van der Waals surface area contributed by atoms with Gasteiger partial charge in [-0.15, -0.1) is 11.8 Å². The second-order valence-electron chi connectivity index (χ2n) is 4.51. The van der Waals surface area contributed by atoms with Crippen LogP contribution in [0.25, 0.3) is 0 Å². The molecule has 0 heterocycles. The average Bonchev–Trinajstić information content (AvgIpc) is 2.43. The van der Waals surface area contributed by atoms with Crippen molar-refractivity contribution in [1.29, 1.82) is 0 Å². The van der Waals surface area contributed by atoms with E-state index in [0.717, 1.165) is 11.3 Å². The lowest BCUT2D eigenvalue weighted by Gasteiger charge is -2.17. The summed E-state index contributed by atoms with van der Waals surface area (Å²) in [5, 5.41) is 13.0. The van der Waals surface area contributed by atoms with E-state index in [1.807, 2.05) is 26.2 Å². The van der Waals surface area contributed by atoms with Gasteiger partial charge in [0.25, 0.3) is 5.91 Å². The standard InChI is InChI=1S/C14H20ClNO2S/c1-4-9(2)13(17)8-16-14(18)11-7-10(19-3)5-6-12(11)15/h5-7,9,13,17H,4,8H2,1-3H3,(H,16,18). The van der Waals surface area contributed by atoms with Crippen LogP contribution in [-0.2, 0) is 0 Å². The van der Waals surface area contributed by atoms with Gasteiger partial charge in [0.1, 0.15) is 0 Å². The summed E-state index contributed by atoms with van der Waals surface area (Å²) in [7, 11) is 0. The zero-order valence-electron chi connectivity index (χ0n) is 11.4. The number of hydrogen-bond donors (Lipinski definition) is 2. The number of hydrogen-bond acceptors (Lipinski definition) is 3. The van der Waals surface area contributed by atoms with Crippen LogP contribution in [0.3, 0.4) is 0 Å². The predicted molar refractivity (Wildman–Crippen MR) is 81.0 cm³/mol. The van der Waals surface area contributed by atoms with Gasteiger partial charge in [0, 0.05) is 11.4 Å². The number of amides is 1. The summed E-state index contributed by atoms with van der Waals surface area (Å²) in [5.41, 5.74) is 0.449. The van der Waals surface area contributed by atoms with Crippen molar-refractivity contribution in [2.24, 2.45) is 5.92 Å². The number of carbonyl (C=O) groups is 1. The number of rotatable bonds is 6. The van der Waals surface area contributed by atoms with E-state index in [9.17, 15) is 9.90 Å². The van der Waals surface area contributed by atoms with E-state index in [1.165, 1.54) is 0 Å². The molecule has 106 valence electrons. The number of aliphatic hydroxyl groups excluding tert-OH is 1. The Morgan fingerprint density at radius 3 is 2.79 bits per heavy atom. The van der Waals surface area contributed by atoms with Crippen LogP contribution in [-0.4, -0.2) is 29.9 Å². The van der Waals surface area contributed by atoms with Crippen molar-refractivity contribution in [3.63, 3.8) is 0 Å². The molecule has 0 saturated carbocycles. The van der Waals surface area contributed by atoms with Crippen LogP contribution in [0.2, 0.25) is 5.02 Å². The number of carbonyl (C=O) groups excluding carboxylic acids is 1. The lowest BCUT2D eigenvalue weighted by molar-refractivity contribution is 0.0850. The van der Waals surface area contributed by atoms with Gasteiger partial charge in [-0.1, -0.05) is 31.9 Å². The van der Waals surface area contributed by atoms with Crippen molar-refractivity contribution in [2.75, 3.05) is 12.8 Å². The van der Waals surface area contributed by atoms with E-state index in [4.69, 9.17) is 11.6 Å². The summed E-state index contributed by atoms with van der Waals surface area (Å²) in [6, 6.07) is 5.35. The third-order valence-electron chi connectivity index (χ3n) is 3.19. The molecule has 0 radical (unpaired) electrons. The van der Waals surface area contributed by atoms with Gasteiger partial charge >= 0.3 is 0 Å². The molecule has 19 heavy (non-hydrogen) atoms.